The van der Waals surface area contributed by atoms with E-state index in [2.05, 4.69) is 9.71 Å². The van der Waals surface area contributed by atoms with E-state index in [1.54, 1.807) is 32.0 Å². The summed E-state index contributed by atoms with van der Waals surface area (Å²) < 4.78 is 25.9. The van der Waals surface area contributed by atoms with Crippen molar-refractivity contribution in [1.29, 1.82) is 5.26 Å². The van der Waals surface area contributed by atoms with Gasteiger partial charge in [-0.05, 0) is 26.0 Å². The molecule has 0 spiro atoms. The lowest BCUT2D eigenvalue weighted by molar-refractivity contribution is 0.594. The topological polar surface area (TPSA) is 82.3 Å². The van der Waals surface area contributed by atoms with Gasteiger partial charge in [-0.25, -0.2) is 13.4 Å². The Balaban J connectivity index is 2.62. The molecule has 1 aromatic rings. The highest BCUT2D eigenvalue weighted by atomic mass is 32.2. The summed E-state index contributed by atoms with van der Waals surface area (Å²) >= 11 is 0. The number of nitrogens with zero attached hydrogens (tertiary/aromatic N) is 2. The molecule has 1 N–H and O–H groups in total. The lowest BCUT2D eigenvalue weighted by Gasteiger charge is -2.10. The third-order valence-corrected chi connectivity index (χ3v) is 3.72. The molecule has 1 aliphatic rings. The molecule has 0 unspecified atom stereocenters. The SMILES string of the molecule is CC(C)(C#N)N=C1NS(=O)(=O)c2ccccc21. The Bertz CT molecular complexity index is 639. The van der Waals surface area contributed by atoms with E-state index in [1.165, 1.54) is 6.07 Å². The molecular weight excluding hydrogens is 238 g/mol. The van der Waals surface area contributed by atoms with Crippen LogP contribution in [-0.4, -0.2) is 19.8 Å². The molecule has 1 heterocycles. The smallest absolute Gasteiger partial charge is 0.263 e. The van der Waals surface area contributed by atoms with Crippen LogP contribution in [0.3, 0.4) is 0 Å². The van der Waals surface area contributed by atoms with E-state index in [-0.39, 0.29) is 10.7 Å². The van der Waals surface area contributed by atoms with Crippen molar-refractivity contribution >= 4 is 15.9 Å². The van der Waals surface area contributed by atoms with Crippen molar-refractivity contribution in [1.82, 2.24) is 4.72 Å². The number of sulfonamides is 1. The van der Waals surface area contributed by atoms with Crippen LogP contribution in [0, 0.1) is 11.3 Å². The maximum absolute atomic E-state index is 11.8. The average Bonchev–Trinajstić information content (AvgIpc) is 2.51. The first-order valence-corrected chi connectivity index (χ1v) is 6.47. The molecule has 0 saturated carbocycles. The fourth-order valence-corrected chi connectivity index (χ4v) is 2.75. The highest BCUT2D eigenvalue weighted by molar-refractivity contribution is 7.90. The normalized spacial score (nSPS) is 19.5. The largest absolute Gasteiger partial charge is 0.263 e. The molecule has 88 valence electrons. The number of nitriles is 1. The summed E-state index contributed by atoms with van der Waals surface area (Å²) in [5, 5.41) is 8.90. The number of rotatable bonds is 1. The van der Waals surface area contributed by atoms with Gasteiger partial charge in [0.25, 0.3) is 10.0 Å². The van der Waals surface area contributed by atoms with Crippen molar-refractivity contribution in [2.75, 3.05) is 0 Å². The summed E-state index contributed by atoms with van der Waals surface area (Å²) in [5.74, 6) is 0.229. The van der Waals surface area contributed by atoms with Gasteiger partial charge in [0.05, 0.1) is 11.0 Å². The molecule has 0 fully saturated rings. The Morgan fingerprint density at radius 1 is 1.35 bits per heavy atom. The van der Waals surface area contributed by atoms with Gasteiger partial charge in [-0.1, -0.05) is 12.1 Å². The van der Waals surface area contributed by atoms with Crippen LogP contribution in [0.5, 0.6) is 0 Å². The maximum atomic E-state index is 11.8. The fraction of sp³-hybridized carbons (Fsp3) is 0.273. The van der Waals surface area contributed by atoms with Crippen LogP contribution in [0.25, 0.3) is 0 Å². The Morgan fingerprint density at radius 3 is 2.65 bits per heavy atom. The molecule has 1 aromatic carbocycles. The van der Waals surface area contributed by atoms with Gasteiger partial charge in [0.15, 0.2) is 0 Å². The first kappa shape index (κ1) is 11.6. The molecule has 0 bridgehead atoms. The molecule has 5 nitrogen and oxygen atoms in total. The number of hydrogen-bond donors (Lipinski definition) is 1. The van der Waals surface area contributed by atoms with Crippen molar-refractivity contribution in [3.8, 4) is 6.07 Å². The monoisotopic (exact) mass is 249 g/mol. The predicted octanol–water partition coefficient (Wildman–Crippen LogP) is 1.03. The Kier molecular flexibility index (Phi) is 2.44. The first-order valence-electron chi connectivity index (χ1n) is 4.99. The Morgan fingerprint density at radius 2 is 2.00 bits per heavy atom. The fourth-order valence-electron chi connectivity index (χ4n) is 1.52. The van der Waals surface area contributed by atoms with Crippen LogP contribution < -0.4 is 4.72 Å². The highest BCUT2D eigenvalue weighted by Crippen LogP contribution is 2.23. The van der Waals surface area contributed by atoms with Gasteiger partial charge in [-0.2, -0.15) is 5.26 Å². The molecule has 0 atom stereocenters. The number of aliphatic imine (C=N–C) groups is 1. The third-order valence-electron chi connectivity index (χ3n) is 2.33. The standard InChI is InChI=1S/C11H11N3O2S/c1-11(2,7-12)13-10-8-5-3-4-6-9(8)17(15,16)14-10/h3-6H,1-2H3,(H,13,14). The van der Waals surface area contributed by atoms with E-state index in [4.69, 9.17) is 5.26 Å². The zero-order chi connectivity index (χ0) is 12.7. The number of benzene rings is 1. The van der Waals surface area contributed by atoms with Crippen molar-refractivity contribution in [2.45, 2.75) is 24.3 Å². The van der Waals surface area contributed by atoms with Crippen LogP contribution in [0.1, 0.15) is 19.4 Å². The second kappa shape index (κ2) is 3.57. The minimum absolute atomic E-state index is 0.201. The van der Waals surface area contributed by atoms with Crippen LogP contribution >= 0.6 is 0 Å². The van der Waals surface area contributed by atoms with Crippen LogP contribution in [0.4, 0.5) is 0 Å². The molecule has 0 aliphatic carbocycles. The van der Waals surface area contributed by atoms with Gasteiger partial charge >= 0.3 is 0 Å². The van der Waals surface area contributed by atoms with Gasteiger partial charge in [-0.15, -0.1) is 0 Å². The van der Waals surface area contributed by atoms with E-state index < -0.39 is 15.6 Å². The van der Waals surface area contributed by atoms with Gasteiger partial charge in [-0.3, -0.25) is 4.72 Å². The molecular formula is C11H11N3O2S. The van der Waals surface area contributed by atoms with Crippen LogP contribution in [0.2, 0.25) is 0 Å². The van der Waals surface area contributed by atoms with Gasteiger partial charge in [0.2, 0.25) is 0 Å². The predicted molar refractivity (Wildman–Crippen MR) is 63.0 cm³/mol. The zero-order valence-corrected chi connectivity index (χ0v) is 10.2. The molecule has 1 aliphatic heterocycles. The maximum Gasteiger partial charge on any atom is 0.263 e. The average molecular weight is 249 g/mol. The summed E-state index contributed by atoms with van der Waals surface area (Å²) in [6, 6.07) is 8.56. The van der Waals surface area contributed by atoms with Crippen molar-refractivity contribution < 1.29 is 8.42 Å². The summed E-state index contributed by atoms with van der Waals surface area (Å²) in [6.45, 7) is 3.24. The minimum Gasteiger partial charge on any atom is -0.263 e. The summed E-state index contributed by atoms with van der Waals surface area (Å²) in [7, 11) is -3.53. The minimum atomic E-state index is -3.53. The van der Waals surface area contributed by atoms with Gasteiger partial charge in [0.1, 0.15) is 11.4 Å². The second-order valence-electron chi connectivity index (χ2n) is 4.23. The zero-order valence-electron chi connectivity index (χ0n) is 9.43. The van der Waals surface area contributed by atoms with Crippen molar-refractivity contribution in [3.63, 3.8) is 0 Å². The summed E-state index contributed by atoms with van der Waals surface area (Å²) in [5.41, 5.74) is -0.453. The van der Waals surface area contributed by atoms with E-state index in [0.29, 0.717) is 5.56 Å². The molecule has 0 aromatic heterocycles. The number of hydrogen-bond acceptors (Lipinski definition) is 4. The highest BCUT2D eigenvalue weighted by Gasteiger charge is 2.31. The van der Waals surface area contributed by atoms with Crippen LogP contribution in [0.15, 0.2) is 34.2 Å². The van der Waals surface area contributed by atoms with E-state index in [0.717, 1.165) is 0 Å². The lowest BCUT2D eigenvalue weighted by atomic mass is 10.1. The number of nitrogens with one attached hydrogen (secondary N) is 1. The lowest BCUT2D eigenvalue weighted by Crippen LogP contribution is -2.26. The first-order chi connectivity index (χ1) is 7.86. The molecule has 0 amide bonds. The van der Waals surface area contributed by atoms with E-state index >= 15 is 0 Å². The Hall–Kier alpha value is -1.87. The summed E-state index contributed by atoms with van der Waals surface area (Å²) in [4.78, 5) is 4.33. The van der Waals surface area contributed by atoms with Crippen LogP contribution in [-0.2, 0) is 10.0 Å². The molecule has 0 saturated heterocycles. The third kappa shape index (κ3) is 2.01. The van der Waals surface area contributed by atoms with Crippen molar-refractivity contribution in [3.05, 3.63) is 29.8 Å². The molecule has 17 heavy (non-hydrogen) atoms. The Labute approximate surface area is 99.8 Å². The molecule has 0 radical (unpaired) electrons. The number of amidine groups is 1. The molecule has 2 rings (SSSR count). The summed E-state index contributed by atoms with van der Waals surface area (Å²) in [6.07, 6.45) is 0. The van der Waals surface area contributed by atoms with E-state index in [1.807, 2.05) is 6.07 Å². The van der Waals surface area contributed by atoms with Gasteiger partial charge < -0.3 is 0 Å². The van der Waals surface area contributed by atoms with E-state index in [9.17, 15) is 8.42 Å². The van der Waals surface area contributed by atoms with Crippen molar-refractivity contribution in [2.24, 2.45) is 4.99 Å². The molecule has 6 heteroatoms. The quantitative estimate of drug-likeness (QED) is 0.806. The second-order valence-corrected chi connectivity index (χ2v) is 5.88. The van der Waals surface area contributed by atoms with Gasteiger partial charge in [0, 0.05) is 5.56 Å². The number of fused-ring (bicyclic) bond motifs is 1.